The molecule has 1 aliphatic carbocycles. The first-order valence-electron chi connectivity index (χ1n) is 21.4. The molecule has 66 heavy (non-hydrogen) atoms. The summed E-state index contributed by atoms with van der Waals surface area (Å²) in [5.74, 6) is -3.33. The van der Waals surface area contributed by atoms with Gasteiger partial charge in [0.2, 0.25) is 17.8 Å². The molecule has 5 N–H and O–H groups in total. The molecule has 5 heterocycles. The molecule has 350 valence electrons. The van der Waals surface area contributed by atoms with Gasteiger partial charge in [0.05, 0.1) is 67.8 Å². The molecular formula is C43H48F3N11O9. The van der Waals surface area contributed by atoms with Crippen LogP contribution < -0.4 is 31.3 Å². The predicted molar refractivity (Wildman–Crippen MR) is 229 cm³/mol. The van der Waals surface area contributed by atoms with E-state index in [0.717, 1.165) is 10.5 Å². The third-order valence-electron chi connectivity index (χ3n) is 11.6. The maximum absolute atomic E-state index is 13.5. The summed E-state index contributed by atoms with van der Waals surface area (Å²) in [6.07, 6.45) is -2.16. The van der Waals surface area contributed by atoms with Crippen molar-refractivity contribution in [2.45, 2.75) is 38.1 Å². The third-order valence-corrected chi connectivity index (χ3v) is 11.6. The quantitative estimate of drug-likeness (QED) is 0.0781. The Bertz CT molecular complexity index is 2510. The highest BCUT2D eigenvalue weighted by atomic mass is 19.4. The Labute approximate surface area is 375 Å². The SMILES string of the molecule is Cn1nc(C(N)=O)c2c1-c1nc(Nc3cc(N4CCN(CCOCCOCCOCCNc5cccc6c5C(=O)N(C5CCC(=O)NC5=O)C6=O)CC4)ccc3OC(F)(F)F)ncc1CC2. The fraction of sp³-hybridized carbons (Fsp3) is 0.442. The predicted octanol–water partition coefficient (Wildman–Crippen LogP) is 2.40. The van der Waals surface area contributed by atoms with Crippen molar-refractivity contribution in [1.29, 1.82) is 0 Å². The highest BCUT2D eigenvalue weighted by Crippen LogP contribution is 2.38. The van der Waals surface area contributed by atoms with E-state index in [1.54, 1.807) is 37.5 Å². The fourth-order valence-electron chi connectivity index (χ4n) is 8.45. The Morgan fingerprint density at radius 3 is 2.38 bits per heavy atom. The van der Waals surface area contributed by atoms with Crippen molar-refractivity contribution in [1.82, 2.24) is 34.9 Å². The van der Waals surface area contributed by atoms with Gasteiger partial charge in [-0.2, -0.15) is 5.10 Å². The molecule has 0 saturated carbocycles. The number of nitrogens with one attached hydrogen (secondary N) is 3. The third kappa shape index (κ3) is 10.2. The number of piperazine rings is 1. The fourth-order valence-corrected chi connectivity index (χ4v) is 8.45. The van der Waals surface area contributed by atoms with E-state index in [-0.39, 0.29) is 41.3 Å². The van der Waals surface area contributed by atoms with Crippen LogP contribution in [-0.4, -0.2) is 150 Å². The van der Waals surface area contributed by atoms with Crippen molar-refractivity contribution in [2.24, 2.45) is 12.8 Å². The molecule has 3 aliphatic heterocycles. The first kappa shape index (κ1) is 45.9. The molecule has 8 rings (SSSR count). The van der Waals surface area contributed by atoms with Gasteiger partial charge in [-0.3, -0.25) is 43.8 Å². The van der Waals surface area contributed by atoms with E-state index in [1.165, 1.54) is 16.8 Å². The van der Waals surface area contributed by atoms with Crippen molar-refractivity contribution in [3.63, 3.8) is 0 Å². The zero-order valence-corrected chi connectivity index (χ0v) is 35.9. The van der Waals surface area contributed by atoms with Crippen molar-refractivity contribution in [2.75, 3.05) is 94.4 Å². The van der Waals surface area contributed by atoms with Gasteiger partial charge in [0.15, 0.2) is 11.4 Å². The van der Waals surface area contributed by atoms with Crippen LogP contribution in [0.3, 0.4) is 0 Å². The molecule has 0 radical (unpaired) electrons. The minimum Gasteiger partial charge on any atom is -0.404 e. The largest absolute Gasteiger partial charge is 0.573 e. The average Bonchev–Trinajstić information content (AvgIpc) is 3.77. The van der Waals surface area contributed by atoms with Crippen molar-refractivity contribution in [3.8, 4) is 17.1 Å². The van der Waals surface area contributed by atoms with Crippen LogP contribution in [0.5, 0.6) is 5.75 Å². The number of anilines is 4. The molecule has 4 aliphatic rings. The summed E-state index contributed by atoms with van der Waals surface area (Å²) in [7, 11) is 1.67. The summed E-state index contributed by atoms with van der Waals surface area (Å²) in [6, 6.07) is 8.24. The molecular weight excluding hydrogens is 872 g/mol. The highest BCUT2D eigenvalue weighted by Gasteiger charge is 2.45. The molecule has 4 aromatic rings. The van der Waals surface area contributed by atoms with Crippen LogP contribution in [0.15, 0.2) is 42.6 Å². The van der Waals surface area contributed by atoms with E-state index < -0.39 is 47.7 Å². The van der Waals surface area contributed by atoms with E-state index in [4.69, 9.17) is 19.9 Å². The van der Waals surface area contributed by atoms with E-state index in [2.05, 4.69) is 45.6 Å². The van der Waals surface area contributed by atoms with E-state index >= 15 is 0 Å². The maximum Gasteiger partial charge on any atom is 0.573 e. The Morgan fingerprint density at radius 1 is 0.909 bits per heavy atom. The Kier molecular flexibility index (Phi) is 13.8. The molecule has 5 amide bonds. The number of aromatic nitrogens is 4. The molecule has 0 bridgehead atoms. The number of halogens is 3. The van der Waals surface area contributed by atoms with Gasteiger partial charge in [-0.05, 0) is 55.2 Å². The van der Waals surface area contributed by atoms with Gasteiger partial charge < -0.3 is 40.2 Å². The first-order chi connectivity index (χ1) is 31.8. The second-order valence-corrected chi connectivity index (χ2v) is 15.9. The van der Waals surface area contributed by atoms with Crippen LogP contribution in [0.2, 0.25) is 0 Å². The van der Waals surface area contributed by atoms with Crippen LogP contribution in [0.1, 0.15) is 55.2 Å². The number of alkyl halides is 3. The van der Waals surface area contributed by atoms with Gasteiger partial charge in [-0.1, -0.05) is 6.07 Å². The lowest BCUT2D eigenvalue weighted by molar-refractivity contribution is -0.274. The Balaban J connectivity index is 0.730. The zero-order chi connectivity index (χ0) is 46.5. The first-order valence-corrected chi connectivity index (χ1v) is 21.4. The number of benzene rings is 2. The summed E-state index contributed by atoms with van der Waals surface area (Å²) in [5.41, 5.74) is 9.79. The van der Waals surface area contributed by atoms with E-state index in [1.807, 2.05) is 0 Å². The van der Waals surface area contributed by atoms with Crippen LogP contribution in [-0.2, 0) is 43.7 Å². The molecule has 2 aromatic heterocycles. The van der Waals surface area contributed by atoms with Crippen LogP contribution >= 0.6 is 0 Å². The van der Waals surface area contributed by atoms with Gasteiger partial charge in [-0.25, -0.2) is 9.97 Å². The molecule has 2 fully saturated rings. The minimum atomic E-state index is -4.94. The van der Waals surface area contributed by atoms with Crippen molar-refractivity contribution < 1.29 is 56.1 Å². The van der Waals surface area contributed by atoms with Gasteiger partial charge >= 0.3 is 6.36 Å². The summed E-state index contributed by atoms with van der Waals surface area (Å²) < 4.78 is 63.3. The number of amides is 5. The van der Waals surface area contributed by atoms with Crippen LogP contribution in [0.25, 0.3) is 11.4 Å². The zero-order valence-electron chi connectivity index (χ0n) is 35.9. The van der Waals surface area contributed by atoms with Gasteiger partial charge in [0.25, 0.3) is 17.7 Å². The standard InChI is InChI=1S/C43H48F3N11O9/c1-54-37-28(36(53-54)38(47)59)7-5-25-24-49-42(52-35(25)37)50-30-23-26(6-9-32(30)66-43(44,45)46)56-14-12-55(13-15-56)16-18-64-20-22-65-21-19-63-17-11-48-29-4-2-3-27-34(29)41(62)57(40(27)61)31-8-10-33(58)51-39(31)60/h2-4,6,9,23-24,31,48H,5,7-8,10-22H2,1H3,(H2,47,59)(H,49,50,52)(H,51,58,60). The number of carbonyl (C=O) groups is 5. The number of imide groups is 2. The van der Waals surface area contributed by atoms with Crippen molar-refractivity contribution in [3.05, 3.63) is 70.5 Å². The smallest absolute Gasteiger partial charge is 0.404 e. The number of primary amides is 1. The van der Waals surface area contributed by atoms with Gasteiger partial charge in [0.1, 0.15) is 6.04 Å². The Morgan fingerprint density at radius 2 is 1.65 bits per heavy atom. The number of ether oxygens (including phenoxy) is 4. The average molecular weight is 920 g/mol. The summed E-state index contributed by atoms with van der Waals surface area (Å²) in [5, 5.41) is 12.5. The number of piperidine rings is 1. The topological polar surface area (TPSA) is 238 Å². The second-order valence-electron chi connectivity index (χ2n) is 15.9. The van der Waals surface area contributed by atoms with Crippen LogP contribution in [0.4, 0.5) is 36.2 Å². The summed E-state index contributed by atoms with van der Waals surface area (Å²) in [4.78, 5) is 76.5. The number of nitrogens with zero attached hydrogens (tertiary/aromatic N) is 7. The lowest BCUT2D eigenvalue weighted by Crippen LogP contribution is -2.54. The molecule has 23 heteroatoms. The lowest BCUT2D eigenvalue weighted by Gasteiger charge is -2.36. The van der Waals surface area contributed by atoms with Gasteiger partial charge in [0, 0.05) is 75.9 Å². The molecule has 0 spiro atoms. The lowest BCUT2D eigenvalue weighted by atomic mass is 9.93. The number of rotatable bonds is 19. The minimum absolute atomic E-state index is 0.0253. The van der Waals surface area contributed by atoms with Crippen LogP contribution in [0, 0.1) is 0 Å². The summed E-state index contributed by atoms with van der Waals surface area (Å²) >= 11 is 0. The number of carbonyl (C=O) groups excluding carboxylic acids is 5. The normalized spacial score (nSPS) is 17.4. The Hall–Kier alpha value is -6.69. The molecule has 2 aromatic carbocycles. The van der Waals surface area contributed by atoms with E-state index in [0.29, 0.717) is 120 Å². The molecule has 1 unspecified atom stereocenters. The van der Waals surface area contributed by atoms with E-state index in [9.17, 15) is 37.1 Å². The number of hydrogen-bond acceptors (Lipinski definition) is 16. The second kappa shape index (κ2) is 19.8. The molecule has 20 nitrogen and oxygen atoms in total. The number of hydrogen-bond donors (Lipinski definition) is 4. The highest BCUT2D eigenvalue weighted by molar-refractivity contribution is 6.25. The molecule has 1 atom stereocenters. The summed E-state index contributed by atoms with van der Waals surface area (Å²) in [6.45, 7) is 5.86. The van der Waals surface area contributed by atoms with Gasteiger partial charge in [-0.15, -0.1) is 13.2 Å². The number of nitrogens with two attached hydrogens (primary N) is 1. The number of fused-ring (bicyclic) bond motifs is 4. The van der Waals surface area contributed by atoms with Crippen molar-refractivity contribution >= 4 is 52.5 Å². The maximum atomic E-state index is 13.5. The monoisotopic (exact) mass is 919 g/mol. The number of aryl methyl sites for hydroxylation is 2. The molecule has 2 saturated heterocycles.